The predicted molar refractivity (Wildman–Crippen MR) is 92.4 cm³/mol. The first-order valence-corrected chi connectivity index (χ1v) is 8.32. The van der Waals surface area contributed by atoms with Crippen molar-refractivity contribution in [2.75, 3.05) is 7.11 Å². The molecule has 0 atom stereocenters. The topological polar surface area (TPSA) is 86.2 Å². The van der Waals surface area contributed by atoms with Crippen LogP contribution in [-0.2, 0) is 20.9 Å². The summed E-state index contributed by atoms with van der Waals surface area (Å²) in [7, 11) is 1.51. The molecule has 24 heavy (non-hydrogen) atoms. The average molecular weight is 372 g/mol. The zero-order valence-electron chi connectivity index (χ0n) is 13.8. The van der Waals surface area contributed by atoms with Crippen molar-refractivity contribution < 1.29 is 14.3 Å². The minimum absolute atomic E-state index is 0.0709. The van der Waals surface area contributed by atoms with E-state index in [1.54, 1.807) is 32.2 Å². The summed E-state index contributed by atoms with van der Waals surface area (Å²) in [4.78, 5) is 24.6. The maximum atomic E-state index is 12.0. The van der Waals surface area contributed by atoms with Crippen LogP contribution in [-0.4, -0.2) is 33.4 Å². The van der Waals surface area contributed by atoms with Crippen molar-refractivity contribution in [3.8, 4) is 5.69 Å². The number of H-pyrrole nitrogens is 1. The summed E-state index contributed by atoms with van der Waals surface area (Å²) in [5, 5.41) is 8.02. The van der Waals surface area contributed by atoms with Gasteiger partial charge in [-0.05, 0) is 38.3 Å². The third kappa shape index (κ3) is 4.34. The lowest BCUT2D eigenvalue weighted by atomic mass is 10.2. The van der Waals surface area contributed by atoms with E-state index in [2.05, 4.69) is 10.2 Å². The third-order valence-electron chi connectivity index (χ3n) is 2.78. The quantitative estimate of drug-likeness (QED) is 0.645. The van der Waals surface area contributed by atoms with Gasteiger partial charge in [0.1, 0.15) is 17.2 Å². The second-order valence-corrected chi connectivity index (χ2v) is 7.23. The van der Waals surface area contributed by atoms with Crippen molar-refractivity contribution in [3.63, 3.8) is 0 Å². The first-order chi connectivity index (χ1) is 11.2. The monoisotopic (exact) mass is 371 g/mol. The molecule has 0 radical (unpaired) electrons. The third-order valence-corrected chi connectivity index (χ3v) is 3.90. The zero-order chi connectivity index (χ0) is 17.9. The van der Waals surface area contributed by atoms with E-state index in [1.807, 2.05) is 0 Å². The number of thiophene rings is 1. The fraction of sp³-hybridized carbons (Fsp3) is 0.400. The molecular weight excluding hydrogens is 354 g/mol. The van der Waals surface area contributed by atoms with E-state index < -0.39 is 17.3 Å². The molecule has 0 aliphatic rings. The molecule has 0 saturated carbocycles. The van der Waals surface area contributed by atoms with Crippen LogP contribution >= 0.6 is 22.9 Å². The minimum atomic E-state index is -0.642. The van der Waals surface area contributed by atoms with Gasteiger partial charge in [-0.3, -0.25) is 0 Å². The zero-order valence-corrected chi connectivity index (χ0v) is 15.3. The Bertz CT molecular complexity index is 813. The Morgan fingerprint density at radius 1 is 1.50 bits per heavy atom. The summed E-state index contributed by atoms with van der Waals surface area (Å²) in [6.07, 6.45) is 1.48. The van der Waals surface area contributed by atoms with Gasteiger partial charge in [0, 0.05) is 7.11 Å². The smallest absolute Gasteiger partial charge is 0.350 e. The molecule has 0 amide bonds. The van der Waals surface area contributed by atoms with E-state index in [-0.39, 0.29) is 11.6 Å². The van der Waals surface area contributed by atoms with Crippen LogP contribution in [0.2, 0.25) is 0 Å². The van der Waals surface area contributed by atoms with Crippen LogP contribution in [0.15, 0.2) is 21.3 Å². The number of halogens is 1. The summed E-state index contributed by atoms with van der Waals surface area (Å²) in [5.74, 6) is -0.205. The molecule has 9 heteroatoms. The largest absolute Gasteiger partial charge is 0.456 e. The van der Waals surface area contributed by atoms with E-state index in [0.717, 1.165) is 0 Å². The molecular formula is C15H18ClN3O4S. The molecule has 0 aliphatic carbocycles. The number of carbonyl (C=O) groups is 1. The van der Waals surface area contributed by atoms with Gasteiger partial charge in [-0.25, -0.2) is 19.3 Å². The molecule has 7 nitrogen and oxygen atoms in total. The molecule has 2 rings (SSSR count). The predicted octanol–water partition coefficient (Wildman–Crippen LogP) is 2.69. The van der Waals surface area contributed by atoms with Crippen LogP contribution in [0, 0.1) is 0 Å². The molecule has 0 aromatic carbocycles. The van der Waals surface area contributed by atoms with Gasteiger partial charge in [0.25, 0.3) is 0 Å². The van der Waals surface area contributed by atoms with Crippen LogP contribution < -0.4 is 5.69 Å². The minimum Gasteiger partial charge on any atom is -0.456 e. The Hall–Kier alpha value is -1.90. The Balaban J connectivity index is 2.38. The molecule has 0 aliphatic heterocycles. The van der Waals surface area contributed by atoms with E-state index in [4.69, 9.17) is 21.1 Å². The van der Waals surface area contributed by atoms with Crippen LogP contribution in [0.5, 0.6) is 0 Å². The van der Waals surface area contributed by atoms with Crippen molar-refractivity contribution in [1.29, 1.82) is 0 Å². The summed E-state index contributed by atoms with van der Waals surface area (Å²) >= 11 is 7.40. The van der Waals surface area contributed by atoms with Gasteiger partial charge in [0.2, 0.25) is 0 Å². The van der Waals surface area contributed by atoms with E-state index in [9.17, 15) is 9.59 Å². The first-order valence-electron chi connectivity index (χ1n) is 7.06. The number of rotatable bonds is 5. The molecule has 0 bridgehead atoms. The van der Waals surface area contributed by atoms with Gasteiger partial charge in [-0.2, -0.15) is 5.10 Å². The molecule has 130 valence electrons. The Morgan fingerprint density at radius 2 is 2.21 bits per heavy atom. The summed E-state index contributed by atoms with van der Waals surface area (Å²) < 4.78 is 11.6. The van der Waals surface area contributed by atoms with E-state index >= 15 is 0 Å². The van der Waals surface area contributed by atoms with Crippen LogP contribution in [0.3, 0.4) is 0 Å². The second kappa shape index (κ2) is 7.33. The number of aromatic amines is 1. The fourth-order valence-corrected chi connectivity index (χ4v) is 2.93. The Labute approximate surface area is 147 Å². The number of carbonyl (C=O) groups excluding carboxylic acids is 1. The molecule has 2 heterocycles. The maximum absolute atomic E-state index is 12.0. The number of esters is 1. The molecule has 2 aromatic rings. The van der Waals surface area contributed by atoms with Gasteiger partial charge in [0.05, 0.1) is 10.6 Å². The number of nitrogens with zero attached hydrogens (tertiary/aromatic N) is 2. The van der Waals surface area contributed by atoms with Crippen LogP contribution in [0.4, 0.5) is 0 Å². The second-order valence-electron chi connectivity index (χ2n) is 5.88. The summed E-state index contributed by atoms with van der Waals surface area (Å²) in [5.41, 5.74) is -0.479. The lowest BCUT2D eigenvalue weighted by Gasteiger charge is -2.19. The van der Waals surface area contributed by atoms with E-state index in [1.165, 1.54) is 29.1 Å². The summed E-state index contributed by atoms with van der Waals surface area (Å²) in [6.45, 7) is 5.44. The summed E-state index contributed by atoms with van der Waals surface area (Å²) in [6, 6.07) is 1.74. The molecule has 2 aromatic heterocycles. The maximum Gasteiger partial charge on any atom is 0.350 e. The number of hydrogen-bond acceptors (Lipinski definition) is 6. The lowest BCUT2D eigenvalue weighted by Crippen LogP contribution is -2.23. The van der Waals surface area contributed by atoms with Crippen molar-refractivity contribution in [1.82, 2.24) is 14.8 Å². The van der Waals surface area contributed by atoms with Gasteiger partial charge >= 0.3 is 11.7 Å². The van der Waals surface area contributed by atoms with Crippen molar-refractivity contribution in [2.24, 2.45) is 0 Å². The number of nitrogens with one attached hydrogen (secondary N) is 1. The van der Waals surface area contributed by atoms with Gasteiger partial charge in [0.15, 0.2) is 5.82 Å². The van der Waals surface area contributed by atoms with Crippen molar-refractivity contribution >= 4 is 35.0 Å². The highest BCUT2D eigenvalue weighted by atomic mass is 35.5. The van der Waals surface area contributed by atoms with E-state index in [0.29, 0.717) is 16.4 Å². The highest BCUT2D eigenvalue weighted by molar-refractivity contribution is 7.11. The average Bonchev–Trinajstić information content (AvgIpc) is 3.04. The van der Waals surface area contributed by atoms with Crippen LogP contribution in [0.1, 0.15) is 31.5 Å². The van der Waals surface area contributed by atoms with Gasteiger partial charge in [-0.1, -0.05) is 11.6 Å². The highest BCUT2D eigenvalue weighted by Gasteiger charge is 2.20. The highest BCUT2D eigenvalue weighted by Crippen LogP contribution is 2.26. The molecule has 1 N–H and O–H groups in total. The SMILES string of the molecule is COCc1n[nH]c(=O)n1-c1ccsc1C=C(Cl)C(=O)OC(C)(C)C. The number of ether oxygens (including phenoxy) is 2. The van der Waals surface area contributed by atoms with Crippen molar-refractivity contribution in [3.05, 3.63) is 37.7 Å². The number of aromatic nitrogens is 3. The standard InChI is InChI=1S/C15H18ClN3O4S/c1-15(2,3)23-13(20)9(16)7-11-10(5-6-24-11)19-12(8-22-4)17-18-14(19)21/h5-7H,8H2,1-4H3,(H,18,21). The lowest BCUT2D eigenvalue weighted by molar-refractivity contribution is -0.148. The molecule has 0 saturated heterocycles. The molecule has 0 spiro atoms. The normalized spacial score (nSPS) is 12.5. The number of hydrogen-bond donors (Lipinski definition) is 1. The Morgan fingerprint density at radius 3 is 2.83 bits per heavy atom. The van der Waals surface area contributed by atoms with Gasteiger partial charge in [-0.15, -0.1) is 11.3 Å². The Kier molecular flexibility index (Phi) is 5.63. The first kappa shape index (κ1) is 18.4. The molecule has 0 unspecified atom stereocenters. The fourth-order valence-electron chi connectivity index (χ4n) is 1.91. The number of methoxy groups -OCH3 is 1. The van der Waals surface area contributed by atoms with Crippen LogP contribution in [0.25, 0.3) is 11.8 Å². The van der Waals surface area contributed by atoms with Gasteiger partial charge < -0.3 is 9.47 Å². The van der Waals surface area contributed by atoms with Crippen molar-refractivity contribution in [2.45, 2.75) is 33.0 Å². The molecule has 0 fully saturated rings.